The van der Waals surface area contributed by atoms with Crippen LogP contribution in [0.4, 0.5) is 0 Å². The fraction of sp³-hybridized carbons (Fsp3) is 0.727. The topological polar surface area (TPSA) is 76.4 Å². The minimum absolute atomic E-state index is 0.229. The molecule has 0 atom stereocenters. The molecule has 0 amide bonds. The lowest BCUT2D eigenvalue weighted by molar-refractivity contribution is -0.161. The minimum Gasteiger partial charge on any atom is -0.465 e. The number of nitriles is 1. The standard InChI is InChI=1S/C11H17NO4/c1-3-15-10(13)9(7-5-6-8-12)11(14)16-4-2/h9H,3-7H2,1-2H3. The number of rotatable bonds is 7. The van der Waals surface area contributed by atoms with E-state index in [9.17, 15) is 9.59 Å². The summed E-state index contributed by atoms with van der Waals surface area (Å²) in [5.41, 5.74) is 0. The highest BCUT2D eigenvalue weighted by atomic mass is 16.6. The predicted octanol–water partition coefficient (Wildman–Crippen LogP) is 1.42. The van der Waals surface area contributed by atoms with Crippen molar-refractivity contribution in [2.75, 3.05) is 13.2 Å². The first-order valence-electron chi connectivity index (χ1n) is 5.37. The predicted molar refractivity (Wildman–Crippen MR) is 56.2 cm³/mol. The van der Waals surface area contributed by atoms with Gasteiger partial charge in [-0.05, 0) is 26.7 Å². The molecule has 0 fully saturated rings. The number of ether oxygens (including phenoxy) is 2. The first kappa shape index (κ1) is 14.4. The molecule has 0 rings (SSSR count). The van der Waals surface area contributed by atoms with Crippen molar-refractivity contribution in [2.45, 2.75) is 33.1 Å². The number of carbonyl (C=O) groups is 2. The number of hydrogen-bond acceptors (Lipinski definition) is 5. The molecule has 0 unspecified atom stereocenters. The van der Waals surface area contributed by atoms with E-state index in [0.717, 1.165) is 0 Å². The Morgan fingerprint density at radius 2 is 1.69 bits per heavy atom. The minimum atomic E-state index is -0.895. The van der Waals surface area contributed by atoms with E-state index in [1.54, 1.807) is 13.8 Å². The molecule has 0 aliphatic rings. The first-order chi connectivity index (χ1) is 7.67. The number of esters is 2. The van der Waals surface area contributed by atoms with Crippen molar-refractivity contribution in [3.8, 4) is 6.07 Å². The molecule has 0 aliphatic carbocycles. The maximum atomic E-state index is 11.4. The Hall–Kier alpha value is -1.57. The van der Waals surface area contributed by atoms with Gasteiger partial charge in [0.05, 0.1) is 19.3 Å². The van der Waals surface area contributed by atoms with Crippen LogP contribution in [-0.2, 0) is 19.1 Å². The van der Waals surface area contributed by atoms with Crippen molar-refractivity contribution < 1.29 is 19.1 Å². The summed E-state index contributed by atoms with van der Waals surface area (Å²) < 4.78 is 9.56. The summed E-state index contributed by atoms with van der Waals surface area (Å²) in [7, 11) is 0. The zero-order valence-corrected chi connectivity index (χ0v) is 9.69. The van der Waals surface area contributed by atoms with Gasteiger partial charge in [-0.2, -0.15) is 5.26 Å². The maximum Gasteiger partial charge on any atom is 0.320 e. The largest absolute Gasteiger partial charge is 0.465 e. The number of nitrogens with zero attached hydrogens (tertiary/aromatic N) is 1. The van der Waals surface area contributed by atoms with Crippen molar-refractivity contribution in [3.63, 3.8) is 0 Å². The van der Waals surface area contributed by atoms with Crippen LogP contribution in [0.5, 0.6) is 0 Å². The molecule has 0 aromatic carbocycles. The molecule has 0 radical (unpaired) electrons. The normalized spacial score (nSPS) is 9.62. The molecule has 90 valence electrons. The van der Waals surface area contributed by atoms with Gasteiger partial charge in [-0.1, -0.05) is 0 Å². The van der Waals surface area contributed by atoms with Crippen LogP contribution >= 0.6 is 0 Å². The van der Waals surface area contributed by atoms with E-state index in [-0.39, 0.29) is 13.2 Å². The molecule has 16 heavy (non-hydrogen) atoms. The molecule has 0 bridgehead atoms. The Balaban J connectivity index is 4.32. The van der Waals surface area contributed by atoms with E-state index >= 15 is 0 Å². The molecule has 0 N–H and O–H groups in total. The summed E-state index contributed by atoms with van der Waals surface area (Å²) in [6.45, 7) is 3.81. The van der Waals surface area contributed by atoms with Crippen LogP contribution in [0.15, 0.2) is 0 Å². The molecular formula is C11H17NO4. The van der Waals surface area contributed by atoms with Crippen molar-refractivity contribution in [2.24, 2.45) is 5.92 Å². The molecule has 5 nitrogen and oxygen atoms in total. The Bertz CT molecular complexity index is 252. The van der Waals surface area contributed by atoms with Gasteiger partial charge in [0.25, 0.3) is 0 Å². The van der Waals surface area contributed by atoms with Crippen LogP contribution < -0.4 is 0 Å². The van der Waals surface area contributed by atoms with E-state index < -0.39 is 17.9 Å². The second-order valence-corrected chi connectivity index (χ2v) is 3.11. The Morgan fingerprint density at radius 1 is 1.19 bits per heavy atom. The van der Waals surface area contributed by atoms with Gasteiger partial charge in [0.15, 0.2) is 5.92 Å². The van der Waals surface area contributed by atoms with E-state index in [1.807, 2.05) is 6.07 Å². The number of carbonyl (C=O) groups excluding carboxylic acids is 2. The highest BCUT2D eigenvalue weighted by Gasteiger charge is 2.28. The van der Waals surface area contributed by atoms with Gasteiger partial charge < -0.3 is 9.47 Å². The summed E-state index contributed by atoms with van der Waals surface area (Å²) in [5, 5.41) is 8.38. The van der Waals surface area contributed by atoms with Crippen LogP contribution in [0.2, 0.25) is 0 Å². The first-order valence-corrected chi connectivity index (χ1v) is 5.37. The van der Waals surface area contributed by atoms with Gasteiger partial charge in [0.1, 0.15) is 0 Å². The summed E-state index contributed by atoms with van der Waals surface area (Å²) in [6.07, 6.45) is 1.10. The molecule has 0 aromatic heterocycles. The van der Waals surface area contributed by atoms with Gasteiger partial charge in [-0.15, -0.1) is 0 Å². The third-order valence-corrected chi connectivity index (χ3v) is 1.92. The molecular weight excluding hydrogens is 210 g/mol. The van der Waals surface area contributed by atoms with Crippen LogP contribution in [0.25, 0.3) is 0 Å². The molecule has 0 saturated heterocycles. The molecule has 5 heteroatoms. The van der Waals surface area contributed by atoms with Crippen molar-refractivity contribution >= 4 is 11.9 Å². The summed E-state index contributed by atoms with van der Waals surface area (Å²) >= 11 is 0. The van der Waals surface area contributed by atoms with Gasteiger partial charge >= 0.3 is 11.9 Å². The average molecular weight is 227 g/mol. The zero-order valence-electron chi connectivity index (χ0n) is 9.69. The fourth-order valence-electron chi connectivity index (χ4n) is 1.20. The smallest absolute Gasteiger partial charge is 0.320 e. The lowest BCUT2D eigenvalue weighted by Gasteiger charge is -2.13. The highest BCUT2D eigenvalue weighted by molar-refractivity contribution is 5.94. The highest BCUT2D eigenvalue weighted by Crippen LogP contribution is 2.12. The second-order valence-electron chi connectivity index (χ2n) is 3.11. The average Bonchev–Trinajstić information content (AvgIpc) is 2.25. The maximum absolute atomic E-state index is 11.4. The quantitative estimate of drug-likeness (QED) is 0.373. The molecule has 0 heterocycles. The number of hydrogen-bond donors (Lipinski definition) is 0. The van der Waals surface area contributed by atoms with Crippen LogP contribution in [-0.4, -0.2) is 25.2 Å². The van der Waals surface area contributed by atoms with E-state index in [0.29, 0.717) is 19.3 Å². The fourth-order valence-corrected chi connectivity index (χ4v) is 1.20. The third kappa shape index (κ3) is 5.35. The summed E-state index contributed by atoms with van der Waals surface area (Å²) in [4.78, 5) is 22.9. The lowest BCUT2D eigenvalue weighted by Crippen LogP contribution is -2.28. The SMILES string of the molecule is CCOC(=O)C(CCCC#N)C(=O)OCC. The van der Waals surface area contributed by atoms with E-state index in [2.05, 4.69) is 0 Å². The van der Waals surface area contributed by atoms with Crippen molar-refractivity contribution in [1.29, 1.82) is 5.26 Å². The van der Waals surface area contributed by atoms with E-state index in [4.69, 9.17) is 14.7 Å². The lowest BCUT2D eigenvalue weighted by atomic mass is 10.0. The van der Waals surface area contributed by atoms with Crippen LogP contribution in [0, 0.1) is 17.2 Å². The van der Waals surface area contributed by atoms with Crippen LogP contribution in [0.3, 0.4) is 0 Å². The Morgan fingerprint density at radius 3 is 2.06 bits per heavy atom. The van der Waals surface area contributed by atoms with Gasteiger partial charge in [0.2, 0.25) is 0 Å². The van der Waals surface area contributed by atoms with Gasteiger partial charge in [-0.3, -0.25) is 9.59 Å². The van der Waals surface area contributed by atoms with E-state index in [1.165, 1.54) is 0 Å². The van der Waals surface area contributed by atoms with Gasteiger partial charge in [-0.25, -0.2) is 0 Å². The molecule has 0 spiro atoms. The molecule has 0 saturated carbocycles. The Kier molecular flexibility index (Phi) is 7.86. The molecule has 0 aliphatic heterocycles. The Labute approximate surface area is 95.3 Å². The van der Waals surface area contributed by atoms with Crippen molar-refractivity contribution in [1.82, 2.24) is 0 Å². The number of unbranched alkanes of at least 4 members (excludes halogenated alkanes) is 1. The summed E-state index contributed by atoms with van der Waals surface area (Å²) in [5.74, 6) is -2.04. The summed E-state index contributed by atoms with van der Waals surface area (Å²) in [6, 6.07) is 1.96. The zero-order chi connectivity index (χ0) is 12.4. The second kappa shape index (κ2) is 8.72. The monoisotopic (exact) mass is 227 g/mol. The molecule has 0 aromatic rings. The van der Waals surface area contributed by atoms with Crippen LogP contribution in [0.1, 0.15) is 33.1 Å². The third-order valence-electron chi connectivity index (χ3n) is 1.92. The van der Waals surface area contributed by atoms with Gasteiger partial charge in [0, 0.05) is 6.42 Å². The van der Waals surface area contributed by atoms with Crippen molar-refractivity contribution in [3.05, 3.63) is 0 Å².